The summed E-state index contributed by atoms with van der Waals surface area (Å²) in [6.45, 7) is 5.03. The molecule has 0 atom stereocenters. The van der Waals surface area contributed by atoms with Crippen LogP contribution in [-0.2, 0) is 0 Å². The van der Waals surface area contributed by atoms with Crippen LogP contribution in [0, 0.1) is 0 Å². The van der Waals surface area contributed by atoms with E-state index < -0.39 is 0 Å². The zero-order valence-corrected chi connectivity index (χ0v) is 9.36. The summed E-state index contributed by atoms with van der Waals surface area (Å²) in [6, 6.07) is 7.85. The van der Waals surface area contributed by atoms with E-state index in [0.717, 1.165) is 24.4 Å². The van der Waals surface area contributed by atoms with Crippen LogP contribution in [0.5, 0.6) is 5.75 Å². The Labute approximate surface area is 91.1 Å². The van der Waals surface area contributed by atoms with Crippen molar-refractivity contribution in [3.05, 3.63) is 24.3 Å². The lowest BCUT2D eigenvalue weighted by Gasteiger charge is -2.10. The minimum absolute atomic E-state index is 0.207. The van der Waals surface area contributed by atoms with E-state index in [1.165, 1.54) is 0 Å². The Hall–Kier alpha value is -1.22. The fraction of sp³-hybridized carbons (Fsp3) is 0.500. The number of hydrogen-bond donors (Lipinski definition) is 2. The summed E-state index contributed by atoms with van der Waals surface area (Å²) in [5.74, 6) is 0.887. The molecule has 0 saturated heterocycles. The third-order valence-electron chi connectivity index (χ3n) is 1.89. The lowest BCUT2D eigenvalue weighted by molar-refractivity contribution is 0.242. The summed E-state index contributed by atoms with van der Waals surface area (Å²) < 4.78 is 5.53. The van der Waals surface area contributed by atoms with Crippen molar-refractivity contribution in [2.24, 2.45) is 0 Å². The first kappa shape index (κ1) is 11.9. The number of hydrogen-bond acceptors (Lipinski definition) is 3. The van der Waals surface area contributed by atoms with Gasteiger partial charge in [-0.15, -0.1) is 0 Å². The van der Waals surface area contributed by atoms with Gasteiger partial charge in [0, 0.05) is 18.8 Å². The Balaban J connectivity index is 2.42. The molecule has 0 aliphatic carbocycles. The molecule has 1 rings (SSSR count). The molecule has 0 amide bonds. The zero-order valence-electron chi connectivity index (χ0n) is 9.36. The van der Waals surface area contributed by atoms with Crippen LogP contribution in [0.1, 0.15) is 20.3 Å². The smallest absolute Gasteiger partial charge is 0.119 e. The second-order valence-corrected chi connectivity index (χ2v) is 3.69. The van der Waals surface area contributed by atoms with Gasteiger partial charge in [0.25, 0.3) is 0 Å². The minimum Gasteiger partial charge on any atom is -0.491 e. The number of aliphatic hydroxyl groups excluding tert-OH is 1. The molecule has 0 saturated carbocycles. The monoisotopic (exact) mass is 209 g/mol. The molecule has 1 aromatic carbocycles. The van der Waals surface area contributed by atoms with Crippen LogP contribution in [0.3, 0.4) is 0 Å². The second-order valence-electron chi connectivity index (χ2n) is 3.69. The highest BCUT2D eigenvalue weighted by atomic mass is 16.5. The maximum Gasteiger partial charge on any atom is 0.119 e. The number of aliphatic hydroxyl groups is 1. The number of nitrogens with one attached hydrogen (secondary N) is 1. The van der Waals surface area contributed by atoms with Crippen molar-refractivity contribution in [1.29, 1.82) is 0 Å². The van der Waals surface area contributed by atoms with Crippen molar-refractivity contribution >= 4 is 5.69 Å². The van der Waals surface area contributed by atoms with E-state index in [9.17, 15) is 0 Å². The fourth-order valence-corrected chi connectivity index (χ4v) is 1.24. The number of benzene rings is 1. The molecule has 2 N–H and O–H groups in total. The van der Waals surface area contributed by atoms with Gasteiger partial charge >= 0.3 is 0 Å². The molecule has 0 fully saturated rings. The van der Waals surface area contributed by atoms with Crippen LogP contribution < -0.4 is 10.1 Å². The first-order chi connectivity index (χ1) is 7.22. The Morgan fingerprint density at radius 3 is 2.47 bits per heavy atom. The lowest BCUT2D eigenvalue weighted by Crippen LogP contribution is -2.06. The average Bonchev–Trinajstić information content (AvgIpc) is 2.20. The first-order valence-electron chi connectivity index (χ1n) is 5.34. The number of rotatable bonds is 6. The van der Waals surface area contributed by atoms with Crippen molar-refractivity contribution in [3.8, 4) is 5.75 Å². The van der Waals surface area contributed by atoms with Gasteiger partial charge in [0.15, 0.2) is 0 Å². The highest BCUT2D eigenvalue weighted by Crippen LogP contribution is 2.16. The highest BCUT2D eigenvalue weighted by molar-refractivity contribution is 5.46. The van der Waals surface area contributed by atoms with Crippen LogP contribution in [0.2, 0.25) is 0 Å². The Bertz CT molecular complexity index is 269. The molecule has 0 radical (unpaired) electrons. The molecular weight excluding hydrogens is 190 g/mol. The Morgan fingerprint density at radius 2 is 1.93 bits per heavy atom. The molecule has 15 heavy (non-hydrogen) atoms. The van der Waals surface area contributed by atoms with Crippen molar-refractivity contribution in [1.82, 2.24) is 0 Å². The summed E-state index contributed by atoms with van der Waals surface area (Å²) in [5, 5.41) is 11.8. The van der Waals surface area contributed by atoms with Crippen LogP contribution in [-0.4, -0.2) is 24.4 Å². The summed E-state index contributed by atoms with van der Waals surface area (Å²) >= 11 is 0. The molecule has 0 heterocycles. The molecule has 84 valence electrons. The summed E-state index contributed by atoms with van der Waals surface area (Å²) in [6.07, 6.45) is 0.975. The SMILES string of the molecule is CC(C)Oc1ccc(NCCCO)cc1. The van der Waals surface area contributed by atoms with Gasteiger partial charge in [0.05, 0.1) is 6.10 Å². The predicted molar refractivity (Wildman–Crippen MR) is 62.4 cm³/mol. The number of anilines is 1. The van der Waals surface area contributed by atoms with Crippen LogP contribution in [0.4, 0.5) is 5.69 Å². The topological polar surface area (TPSA) is 41.5 Å². The van der Waals surface area contributed by atoms with Crippen LogP contribution in [0.25, 0.3) is 0 Å². The molecule has 0 spiro atoms. The third-order valence-corrected chi connectivity index (χ3v) is 1.89. The normalized spacial score (nSPS) is 10.4. The van der Waals surface area contributed by atoms with E-state index in [2.05, 4.69) is 5.32 Å². The van der Waals surface area contributed by atoms with Gasteiger partial charge in [-0.2, -0.15) is 0 Å². The van der Waals surface area contributed by atoms with Crippen LogP contribution in [0.15, 0.2) is 24.3 Å². The van der Waals surface area contributed by atoms with Gasteiger partial charge in [-0.1, -0.05) is 0 Å². The average molecular weight is 209 g/mol. The molecule has 0 aliphatic heterocycles. The predicted octanol–water partition coefficient (Wildman–Crippen LogP) is 2.27. The standard InChI is InChI=1S/C12H19NO2/c1-10(2)15-12-6-4-11(5-7-12)13-8-3-9-14/h4-7,10,13-14H,3,8-9H2,1-2H3. The maximum atomic E-state index is 8.63. The quantitative estimate of drug-likeness (QED) is 0.706. The van der Waals surface area contributed by atoms with Gasteiger partial charge in [0.1, 0.15) is 5.75 Å². The third kappa shape index (κ3) is 4.70. The van der Waals surface area contributed by atoms with Crippen molar-refractivity contribution < 1.29 is 9.84 Å². The van der Waals surface area contributed by atoms with E-state index >= 15 is 0 Å². The minimum atomic E-state index is 0.207. The Morgan fingerprint density at radius 1 is 1.27 bits per heavy atom. The van der Waals surface area contributed by atoms with E-state index in [4.69, 9.17) is 9.84 Å². The largest absolute Gasteiger partial charge is 0.491 e. The van der Waals surface area contributed by atoms with Crippen molar-refractivity contribution in [2.75, 3.05) is 18.5 Å². The maximum absolute atomic E-state index is 8.63. The summed E-state index contributed by atoms with van der Waals surface area (Å²) in [4.78, 5) is 0. The van der Waals surface area contributed by atoms with Gasteiger partial charge < -0.3 is 15.2 Å². The number of ether oxygens (including phenoxy) is 1. The molecule has 0 aromatic heterocycles. The van der Waals surface area contributed by atoms with Crippen LogP contribution >= 0.6 is 0 Å². The van der Waals surface area contributed by atoms with Gasteiger partial charge in [-0.3, -0.25) is 0 Å². The van der Waals surface area contributed by atoms with Gasteiger partial charge in [0.2, 0.25) is 0 Å². The molecular formula is C12H19NO2. The molecule has 0 bridgehead atoms. The van der Waals surface area contributed by atoms with E-state index in [0.29, 0.717) is 0 Å². The second kappa shape index (κ2) is 6.30. The molecule has 0 unspecified atom stereocenters. The van der Waals surface area contributed by atoms with Crippen molar-refractivity contribution in [2.45, 2.75) is 26.4 Å². The van der Waals surface area contributed by atoms with Gasteiger partial charge in [-0.25, -0.2) is 0 Å². The molecule has 3 heteroatoms. The first-order valence-corrected chi connectivity index (χ1v) is 5.34. The molecule has 0 aliphatic rings. The summed E-state index contributed by atoms with van der Waals surface area (Å²) in [7, 11) is 0. The van der Waals surface area contributed by atoms with E-state index in [1.807, 2.05) is 38.1 Å². The lowest BCUT2D eigenvalue weighted by atomic mass is 10.3. The fourth-order valence-electron chi connectivity index (χ4n) is 1.24. The van der Waals surface area contributed by atoms with Gasteiger partial charge in [-0.05, 0) is 44.5 Å². The zero-order chi connectivity index (χ0) is 11.1. The van der Waals surface area contributed by atoms with E-state index in [1.54, 1.807) is 0 Å². The summed E-state index contributed by atoms with van der Waals surface area (Å²) in [5.41, 5.74) is 1.06. The molecule has 3 nitrogen and oxygen atoms in total. The Kier molecular flexibility index (Phi) is 4.98. The van der Waals surface area contributed by atoms with E-state index in [-0.39, 0.29) is 12.7 Å². The molecule has 1 aromatic rings. The van der Waals surface area contributed by atoms with Crippen molar-refractivity contribution in [3.63, 3.8) is 0 Å². The highest BCUT2D eigenvalue weighted by Gasteiger charge is 1.97.